The molecule has 0 saturated heterocycles. The van der Waals surface area contributed by atoms with Crippen LogP contribution in [0.3, 0.4) is 0 Å². The van der Waals surface area contributed by atoms with Crippen LogP contribution in [0.15, 0.2) is 103 Å². The molecule has 4 aromatic rings. The summed E-state index contributed by atoms with van der Waals surface area (Å²) in [5.74, 6) is -0.767. The molecule has 1 heterocycles. The third-order valence-electron chi connectivity index (χ3n) is 5.94. The fourth-order valence-electron chi connectivity index (χ4n) is 4.15. The van der Waals surface area contributed by atoms with Crippen LogP contribution in [0.25, 0.3) is 11.3 Å². The van der Waals surface area contributed by atoms with Crippen molar-refractivity contribution in [1.29, 1.82) is 0 Å². The molecule has 8 heteroatoms. The van der Waals surface area contributed by atoms with Gasteiger partial charge in [0.15, 0.2) is 0 Å². The number of amides is 3. The Labute approximate surface area is 219 Å². The van der Waals surface area contributed by atoms with Crippen LogP contribution in [0, 0.1) is 0 Å². The van der Waals surface area contributed by atoms with Crippen molar-refractivity contribution in [3.05, 3.63) is 120 Å². The Morgan fingerprint density at radius 1 is 0.684 bits per heavy atom. The molecule has 0 aromatic heterocycles. The number of urea groups is 1. The van der Waals surface area contributed by atoms with E-state index in [1.165, 1.54) is 7.11 Å². The minimum absolute atomic E-state index is 0.288. The van der Waals surface area contributed by atoms with E-state index < -0.39 is 5.97 Å². The molecule has 1 aliphatic heterocycles. The lowest BCUT2D eigenvalue weighted by Gasteiger charge is -2.15. The maximum Gasteiger partial charge on any atom is 0.337 e. The highest BCUT2D eigenvalue weighted by molar-refractivity contribution is 6.37. The summed E-state index contributed by atoms with van der Waals surface area (Å²) in [5, 5.41) is 11.8. The van der Waals surface area contributed by atoms with E-state index in [2.05, 4.69) is 21.3 Å². The number of para-hydroxylation sites is 1. The summed E-state index contributed by atoms with van der Waals surface area (Å²) >= 11 is 0. The third kappa shape index (κ3) is 5.24. The number of hydrogen-bond donors (Lipinski definition) is 4. The number of rotatable bonds is 6. The number of benzene rings is 4. The van der Waals surface area contributed by atoms with Gasteiger partial charge in [-0.05, 0) is 54.1 Å². The van der Waals surface area contributed by atoms with Gasteiger partial charge in [0.05, 0.1) is 29.6 Å². The van der Waals surface area contributed by atoms with Crippen LogP contribution >= 0.6 is 0 Å². The van der Waals surface area contributed by atoms with Crippen LogP contribution < -0.4 is 21.3 Å². The van der Waals surface area contributed by atoms with Crippen molar-refractivity contribution < 1.29 is 19.1 Å². The highest BCUT2D eigenvalue weighted by Gasteiger charge is 2.29. The number of ether oxygens (including phenoxy) is 1. The second-order valence-electron chi connectivity index (χ2n) is 8.47. The van der Waals surface area contributed by atoms with E-state index >= 15 is 0 Å². The minimum Gasteiger partial charge on any atom is -0.465 e. The molecular weight excluding hydrogens is 480 g/mol. The second-order valence-corrected chi connectivity index (χ2v) is 8.47. The highest BCUT2D eigenvalue weighted by Crippen LogP contribution is 2.38. The van der Waals surface area contributed by atoms with Gasteiger partial charge in [0.25, 0.3) is 5.91 Å². The number of esters is 1. The number of carbonyl (C=O) groups is 3. The monoisotopic (exact) mass is 504 g/mol. The summed E-state index contributed by atoms with van der Waals surface area (Å²) in [6.07, 6.45) is 0. The number of hydrogen-bond acceptors (Lipinski definition) is 5. The van der Waals surface area contributed by atoms with E-state index in [0.29, 0.717) is 39.5 Å². The van der Waals surface area contributed by atoms with Gasteiger partial charge in [-0.15, -0.1) is 0 Å². The van der Waals surface area contributed by atoms with Gasteiger partial charge < -0.3 is 26.0 Å². The quantitative estimate of drug-likeness (QED) is 0.189. The van der Waals surface area contributed by atoms with Crippen LogP contribution in [0.2, 0.25) is 0 Å². The number of fused-ring (bicyclic) bond motifs is 1. The molecule has 1 aliphatic rings. The van der Waals surface area contributed by atoms with Gasteiger partial charge in [-0.2, -0.15) is 0 Å². The van der Waals surface area contributed by atoms with Crippen molar-refractivity contribution in [2.24, 2.45) is 0 Å². The van der Waals surface area contributed by atoms with Crippen LogP contribution in [-0.2, 0) is 9.53 Å². The van der Waals surface area contributed by atoms with Gasteiger partial charge in [0, 0.05) is 22.6 Å². The maximum atomic E-state index is 13.1. The molecule has 0 fully saturated rings. The molecule has 4 aromatic carbocycles. The van der Waals surface area contributed by atoms with E-state index in [0.717, 1.165) is 11.3 Å². The predicted octanol–water partition coefficient (Wildman–Crippen LogP) is 6.05. The summed E-state index contributed by atoms with van der Waals surface area (Å²) in [5.41, 5.74) is 5.44. The zero-order valence-electron chi connectivity index (χ0n) is 20.4. The van der Waals surface area contributed by atoms with Crippen molar-refractivity contribution in [2.45, 2.75) is 0 Å². The molecule has 0 saturated carbocycles. The van der Waals surface area contributed by atoms with Crippen molar-refractivity contribution >= 4 is 51.9 Å². The van der Waals surface area contributed by atoms with E-state index in [4.69, 9.17) is 4.74 Å². The molecule has 5 rings (SSSR count). The maximum absolute atomic E-state index is 13.1. The molecule has 8 nitrogen and oxygen atoms in total. The van der Waals surface area contributed by atoms with Gasteiger partial charge >= 0.3 is 12.0 Å². The Kier molecular flexibility index (Phi) is 6.86. The van der Waals surface area contributed by atoms with Gasteiger partial charge in [-0.3, -0.25) is 4.79 Å². The molecule has 0 radical (unpaired) electrons. The molecule has 4 N–H and O–H groups in total. The zero-order chi connectivity index (χ0) is 26.5. The molecule has 0 atom stereocenters. The molecule has 188 valence electrons. The molecule has 0 unspecified atom stereocenters. The van der Waals surface area contributed by atoms with Crippen LogP contribution in [0.4, 0.5) is 27.5 Å². The lowest BCUT2D eigenvalue weighted by atomic mass is 9.99. The first-order valence-electron chi connectivity index (χ1n) is 11.9. The summed E-state index contributed by atoms with van der Waals surface area (Å²) in [6.45, 7) is 0. The molecule has 3 amide bonds. The molecule has 0 spiro atoms. The lowest BCUT2D eigenvalue weighted by Crippen LogP contribution is -2.19. The largest absolute Gasteiger partial charge is 0.465 e. The minimum atomic E-state index is -0.480. The zero-order valence-corrected chi connectivity index (χ0v) is 20.4. The normalized spacial score (nSPS) is 13.1. The van der Waals surface area contributed by atoms with Gasteiger partial charge in [0.1, 0.15) is 0 Å². The van der Waals surface area contributed by atoms with Crippen LogP contribution in [0.5, 0.6) is 0 Å². The average Bonchev–Trinajstić information content (AvgIpc) is 3.27. The van der Waals surface area contributed by atoms with Gasteiger partial charge in [-0.1, -0.05) is 54.6 Å². The summed E-state index contributed by atoms with van der Waals surface area (Å²) < 4.78 is 4.80. The Morgan fingerprint density at radius 3 is 1.89 bits per heavy atom. The predicted molar refractivity (Wildman–Crippen MR) is 149 cm³/mol. The smallest absolute Gasteiger partial charge is 0.337 e. The van der Waals surface area contributed by atoms with Crippen molar-refractivity contribution in [3.63, 3.8) is 0 Å². The average molecular weight is 505 g/mol. The van der Waals surface area contributed by atoms with E-state index in [9.17, 15) is 14.4 Å². The summed E-state index contributed by atoms with van der Waals surface area (Å²) in [6, 6.07) is 30.5. The van der Waals surface area contributed by atoms with Crippen molar-refractivity contribution in [3.8, 4) is 0 Å². The molecule has 0 bridgehead atoms. The first-order chi connectivity index (χ1) is 18.5. The Hall–Kier alpha value is -5.37. The molecule has 38 heavy (non-hydrogen) atoms. The standard InChI is InChI=1S/C30H24N4O4/c1-38-29(36)20-12-17-24-25(18-20)34-28(35)26(24)27(19-8-4-2-5-9-19)31-22-13-15-23(16-14-22)33-30(37)32-21-10-6-3-7-11-21/h2-18,31H,1H3,(H,34,35)(H2,32,33,37)/b27-26-. The molecular formula is C30H24N4O4. The first-order valence-corrected chi connectivity index (χ1v) is 11.9. The molecule has 0 aliphatic carbocycles. The number of anilines is 4. The number of carbonyl (C=O) groups excluding carboxylic acids is 3. The van der Waals surface area contributed by atoms with Crippen molar-refractivity contribution in [1.82, 2.24) is 0 Å². The van der Waals surface area contributed by atoms with Crippen LogP contribution in [-0.4, -0.2) is 25.0 Å². The van der Waals surface area contributed by atoms with Crippen molar-refractivity contribution in [2.75, 3.05) is 28.4 Å². The topological polar surface area (TPSA) is 109 Å². The SMILES string of the molecule is COC(=O)c1ccc2c(c1)NC(=O)/C2=C(\Nc1ccc(NC(=O)Nc2ccccc2)cc1)c1ccccc1. The fourth-order valence-corrected chi connectivity index (χ4v) is 4.15. The van der Waals surface area contributed by atoms with E-state index in [-0.39, 0.29) is 11.9 Å². The van der Waals surface area contributed by atoms with E-state index in [1.54, 1.807) is 42.5 Å². The van der Waals surface area contributed by atoms with Gasteiger partial charge in [0.2, 0.25) is 0 Å². The Morgan fingerprint density at radius 2 is 1.26 bits per heavy atom. The van der Waals surface area contributed by atoms with Gasteiger partial charge in [-0.25, -0.2) is 9.59 Å². The third-order valence-corrected chi connectivity index (χ3v) is 5.94. The fraction of sp³-hybridized carbons (Fsp3) is 0.0333. The Balaban J connectivity index is 1.42. The highest BCUT2D eigenvalue weighted by atomic mass is 16.5. The van der Waals surface area contributed by atoms with Crippen LogP contribution in [0.1, 0.15) is 21.5 Å². The first kappa shape index (κ1) is 24.3. The second kappa shape index (κ2) is 10.7. The number of methoxy groups -OCH3 is 1. The summed E-state index contributed by atoms with van der Waals surface area (Å²) in [7, 11) is 1.31. The van der Waals surface area contributed by atoms with E-state index in [1.807, 2.05) is 60.7 Å². The Bertz CT molecular complexity index is 1530. The lowest BCUT2D eigenvalue weighted by molar-refractivity contribution is -0.110. The summed E-state index contributed by atoms with van der Waals surface area (Å²) in [4.78, 5) is 37.4. The number of nitrogens with one attached hydrogen (secondary N) is 4.